The Balaban J connectivity index is 0.000000201. The van der Waals surface area contributed by atoms with Crippen LogP contribution in [0.15, 0.2) is 45.3 Å². The molecule has 2 nitrogen and oxygen atoms in total. The summed E-state index contributed by atoms with van der Waals surface area (Å²) in [4.78, 5) is 10.4. The van der Waals surface area contributed by atoms with Gasteiger partial charge in [0.25, 0.3) is 0 Å². The van der Waals surface area contributed by atoms with Gasteiger partial charge in [0.2, 0.25) is 0 Å². The summed E-state index contributed by atoms with van der Waals surface area (Å²) in [6.07, 6.45) is 3.94. The summed E-state index contributed by atoms with van der Waals surface area (Å²) >= 11 is 12.3. The van der Waals surface area contributed by atoms with Crippen molar-refractivity contribution in [3.8, 4) is 0 Å². The lowest BCUT2D eigenvalue weighted by Crippen LogP contribution is -1.94. The van der Waals surface area contributed by atoms with Crippen LogP contribution in [0.2, 0.25) is 0 Å². The van der Waals surface area contributed by atoms with Gasteiger partial charge in [0.05, 0.1) is 6.10 Å². The first-order chi connectivity index (χ1) is 12.4. The average Bonchev–Trinajstić information content (AvgIpc) is 3.11. The lowest BCUT2D eigenvalue weighted by molar-refractivity contribution is 0.112. The molecule has 142 valence electrons. The lowest BCUT2D eigenvalue weighted by Gasteiger charge is -2.00. The van der Waals surface area contributed by atoms with Gasteiger partial charge in [-0.05, 0) is 74.6 Å². The van der Waals surface area contributed by atoms with Crippen LogP contribution in [-0.4, -0.2) is 19.0 Å². The molecule has 1 heterocycles. The molecule has 0 N–H and O–H groups in total. The smallest absolute Gasteiger partial charge is 0.150 e. The molecule has 1 unspecified atom stereocenters. The molecule has 2 aromatic carbocycles. The van der Waals surface area contributed by atoms with Crippen molar-refractivity contribution in [2.24, 2.45) is 0 Å². The highest BCUT2D eigenvalue weighted by atomic mass is 79.9. The number of aldehydes is 1. The largest absolute Gasteiger partial charge is 0.379 e. The molecule has 0 radical (unpaired) electrons. The third-order valence-corrected chi connectivity index (χ3v) is 5.26. The van der Waals surface area contributed by atoms with E-state index < -0.39 is 0 Å². The van der Waals surface area contributed by atoms with Gasteiger partial charge in [-0.2, -0.15) is 0 Å². The zero-order chi connectivity index (χ0) is 19.5. The maximum atomic E-state index is 10.4. The first-order valence-corrected chi connectivity index (χ1v) is 10.6. The summed E-state index contributed by atoms with van der Waals surface area (Å²) in [5.41, 5.74) is 4.20. The Morgan fingerprint density at radius 1 is 1.12 bits per heavy atom. The van der Waals surface area contributed by atoms with Gasteiger partial charge < -0.3 is 4.74 Å². The highest BCUT2D eigenvalue weighted by molar-refractivity contribution is 9.10. The Hall–Kier alpha value is -0.680. The van der Waals surface area contributed by atoms with Crippen molar-refractivity contribution in [3.63, 3.8) is 0 Å². The van der Waals surface area contributed by atoms with Crippen LogP contribution in [0.5, 0.6) is 0 Å². The first kappa shape index (κ1) is 23.4. The molecule has 1 atom stereocenters. The van der Waals surface area contributed by atoms with Crippen LogP contribution in [0.4, 0.5) is 0 Å². The van der Waals surface area contributed by atoms with E-state index in [9.17, 15) is 4.79 Å². The molecule has 0 saturated carbocycles. The molecule has 2 aromatic rings. The fraction of sp³-hybridized carbons (Fsp3) is 0.381. The number of aryl methyl sites for hydroxylation is 2. The van der Waals surface area contributed by atoms with E-state index in [1.54, 1.807) is 0 Å². The molecular formula is C21H25Br2ClO2. The molecule has 1 aliphatic heterocycles. The molecule has 0 amide bonds. The van der Waals surface area contributed by atoms with Crippen LogP contribution < -0.4 is 0 Å². The van der Waals surface area contributed by atoms with E-state index in [0.29, 0.717) is 12.0 Å². The molecule has 26 heavy (non-hydrogen) atoms. The second kappa shape index (κ2) is 12.7. The zero-order valence-electron chi connectivity index (χ0n) is 15.4. The molecule has 3 rings (SSSR count). The van der Waals surface area contributed by atoms with E-state index in [1.165, 1.54) is 24.0 Å². The fourth-order valence-electron chi connectivity index (χ4n) is 2.26. The number of rotatable bonds is 2. The first-order valence-electron chi connectivity index (χ1n) is 8.51. The van der Waals surface area contributed by atoms with Crippen LogP contribution in [0.1, 0.15) is 46.8 Å². The third-order valence-electron chi connectivity index (χ3n) is 3.98. The van der Waals surface area contributed by atoms with Gasteiger partial charge in [0.15, 0.2) is 0 Å². The number of hydrogen-bond acceptors (Lipinski definition) is 2. The minimum absolute atomic E-state index is 0.546. The number of hydrogen-bond donors (Lipinski definition) is 0. The summed E-state index contributed by atoms with van der Waals surface area (Å²) < 4.78 is 7.19. The Morgan fingerprint density at radius 2 is 1.73 bits per heavy atom. The summed E-state index contributed by atoms with van der Waals surface area (Å²) in [5.74, 6) is 0.589. The molecule has 0 spiro atoms. The minimum atomic E-state index is 0.546. The van der Waals surface area contributed by atoms with Crippen molar-refractivity contribution >= 4 is 49.7 Å². The Morgan fingerprint density at radius 3 is 2.12 bits per heavy atom. The minimum Gasteiger partial charge on any atom is -0.379 e. The Labute approximate surface area is 178 Å². The van der Waals surface area contributed by atoms with Gasteiger partial charge in [-0.3, -0.25) is 4.79 Å². The van der Waals surface area contributed by atoms with E-state index >= 15 is 0 Å². The normalized spacial score (nSPS) is 15.4. The van der Waals surface area contributed by atoms with E-state index in [-0.39, 0.29) is 0 Å². The monoisotopic (exact) mass is 502 g/mol. The number of benzene rings is 2. The molecule has 1 aliphatic rings. The van der Waals surface area contributed by atoms with Crippen LogP contribution in [0.3, 0.4) is 0 Å². The van der Waals surface area contributed by atoms with Crippen molar-refractivity contribution < 1.29 is 9.53 Å². The van der Waals surface area contributed by atoms with Crippen molar-refractivity contribution in [2.45, 2.75) is 45.6 Å². The molecule has 0 aromatic heterocycles. The number of halogens is 3. The van der Waals surface area contributed by atoms with Crippen LogP contribution in [0.25, 0.3) is 0 Å². The molecule has 0 aliphatic carbocycles. The average molecular weight is 505 g/mol. The zero-order valence-corrected chi connectivity index (χ0v) is 19.3. The number of carbonyl (C=O) groups excluding carboxylic acids is 1. The van der Waals surface area contributed by atoms with Crippen molar-refractivity contribution in [1.29, 1.82) is 0 Å². The quantitative estimate of drug-likeness (QED) is 0.318. The maximum Gasteiger partial charge on any atom is 0.150 e. The van der Waals surface area contributed by atoms with Gasteiger partial charge in [0, 0.05) is 27.0 Å². The predicted octanol–water partition coefficient (Wildman–Crippen LogP) is 7.25. The number of carbonyl (C=O) groups is 1. The van der Waals surface area contributed by atoms with E-state index in [4.69, 9.17) is 16.3 Å². The molecule has 1 fully saturated rings. The molecular weight excluding hydrogens is 479 g/mol. The Kier molecular flexibility index (Phi) is 11.4. The van der Waals surface area contributed by atoms with Gasteiger partial charge in [-0.1, -0.05) is 44.0 Å². The van der Waals surface area contributed by atoms with Gasteiger partial charge in [-0.15, -0.1) is 11.6 Å². The van der Waals surface area contributed by atoms with Crippen molar-refractivity contribution in [2.75, 3.05) is 6.61 Å². The summed E-state index contributed by atoms with van der Waals surface area (Å²) in [7, 11) is 0. The summed E-state index contributed by atoms with van der Waals surface area (Å²) in [6, 6.07) is 11.8. The predicted molar refractivity (Wildman–Crippen MR) is 117 cm³/mol. The summed E-state index contributed by atoms with van der Waals surface area (Å²) in [6.45, 7) is 7.08. The SMILES string of the molecule is CC1CCCO1.Cc1ccc(Br)cc1C=O.Cc1ccc(Br)cc1CCl. The molecule has 5 heteroatoms. The highest BCUT2D eigenvalue weighted by Gasteiger charge is 2.07. The van der Waals surface area contributed by atoms with E-state index in [2.05, 4.69) is 51.8 Å². The fourth-order valence-corrected chi connectivity index (χ4v) is 3.34. The van der Waals surface area contributed by atoms with Crippen LogP contribution in [-0.2, 0) is 10.6 Å². The van der Waals surface area contributed by atoms with E-state index in [1.807, 2.05) is 37.3 Å². The van der Waals surface area contributed by atoms with Gasteiger partial charge in [0.1, 0.15) is 6.29 Å². The van der Waals surface area contributed by atoms with Gasteiger partial charge in [-0.25, -0.2) is 0 Å². The van der Waals surface area contributed by atoms with E-state index in [0.717, 1.165) is 33.0 Å². The van der Waals surface area contributed by atoms with Gasteiger partial charge >= 0.3 is 0 Å². The van der Waals surface area contributed by atoms with Crippen LogP contribution >= 0.6 is 43.5 Å². The highest BCUT2D eigenvalue weighted by Crippen LogP contribution is 2.17. The second-order valence-corrected chi connectivity index (χ2v) is 8.25. The Bertz CT molecular complexity index is 698. The van der Waals surface area contributed by atoms with Crippen molar-refractivity contribution in [3.05, 3.63) is 67.6 Å². The second-order valence-electron chi connectivity index (χ2n) is 6.15. The topological polar surface area (TPSA) is 26.3 Å². The number of ether oxygens (including phenoxy) is 1. The lowest BCUT2D eigenvalue weighted by atomic mass is 10.1. The molecule has 1 saturated heterocycles. The summed E-state index contributed by atoms with van der Waals surface area (Å²) in [5, 5.41) is 0. The molecule has 0 bridgehead atoms. The number of alkyl halides is 1. The third kappa shape index (κ3) is 8.81. The maximum absolute atomic E-state index is 10.4. The standard InChI is InChI=1S/C8H8BrCl.C8H7BrO.C5H10O/c2*1-6-2-3-8(9)4-7(6)5-10;1-5-3-2-4-6-5/h2-4H,5H2,1H3;2-5H,1H3;5H,2-4H2,1H3. The van der Waals surface area contributed by atoms with Crippen LogP contribution in [0, 0.1) is 13.8 Å². The van der Waals surface area contributed by atoms with Crippen molar-refractivity contribution in [1.82, 2.24) is 0 Å².